The third kappa shape index (κ3) is 3.21. The quantitative estimate of drug-likeness (QED) is 0.867. The second-order valence-electron chi connectivity index (χ2n) is 6.32. The molecular formula is C17H25NO2. The van der Waals surface area contributed by atoms with E-state index in [0.29, 0.717) is 5.92 Å². The van der Waals surface area contributed by atoms with Gasteiger partial charge in [-0.25, -0.2) is 0 Å². The molecule has 0 heterocycles. The Morgan fingerprint density at radius 2 is 1.90 bits per heavy atom. The zero-order valence-corrected chi connectivity index (χ0v) is 12.4. The van der Waals surface area contributed by atoms with Gasteiger partial charge in [0.05, 0.1) is 12.6 Å². The van der Waals surface area contributed by atoms with Gasteiger partial charge in [0, 0.05) is 5.41 Å². The van der Waals surface area contributed by atoms with Crippen LogP contribution in [0.15, 0.2) is 30.3 Å². The predicted octanol–water partition coefficient (Wildman–Crippen LogP) is 3.05. The molecule has 1 saturated carbocycles. The maximum absolute atomic E-state index is 12.6. The SMILES string of the molecule is CC(C)(C(=O)N[C@H](CO)c1ccccc1)C1CCCC1. The standard InChI is InChI=1S/C17H25NO2/c1-17(2,14-10-6-7-11-14)16(20)18-15(12-19)13-8-4-3-5-9-13/h3-5,8-9,14-15,19H,6-7,10-12H2,1-2H3,(H,18,20)/t15-/m1/s1. The zero-order chi connectivity index (χ0) is 14.6. The smallest absolute Gasteiger partial charge is 0.226 e. The molecule has 1 atom stereocenters. The Morgan fingerprint density at radius 3 is 2.45 bits per heavy atom. The highest BCUT2D eigenvalue weighted by atomic mass is 16.3. The predicted molar refractivity (Wildman–Crippen MR) is 80.2 cm³/mol. The van der Waals surface area contributed by atoms with E-state index >= 15 is 0 Å². The van der Waals surface area contributed by atoms with Crippen LogP contribution < -0.4 is 5.32 Å². The first-order valence-corrected chi connectivity index (χ1v) is 7.52. The fourth-order valence-electron chi connectivity index (χ4n) is 3.10. The van der Waals surface area contributed by atoms with Crippen molar-refractivity contribution in [2.75, 3.05) is 6.61 Å². The van der Waals surface area contributed by atoms with Crippen LogP contribution in [0.1, 0.15) is 51.1 Å². The van der Waals surface area contributed by atoms with E-state index < -0.39 is 0 Å². The summed E-state index contributed by atoms with van der Waals surface area (Å²) in [5.74, 6) is 0.505. The number of aliphatic hydroxyl groups is 1. The summed E-state index contributed by atoms with van der Waals surface area (Å²) in [5, 5.41) is 12.6. The number of benzene rings is 1. The maximum Gasteiger partial charge on any atom is 0.226 e. The number of carbonyl (C=O) groups is 1. The molecule has 3 heteroatoms. The minimum absolute atomic E-state index is 0.0484. The van der Waals surface area contributed by atoms with Gasteiger partial charge in [0.25, 0.3) is 0 Å². The molecule has 0 aliphatic heterocycles. The molecule has 1 aliphatic rings. The highest BCUT2D eigenvalue weighted by Gasteiger charge is 2.38. The summed E-state index contributed by atoms with van der Waals surface area (Å²) in [7, 11) is 0. The van der Waals surface area contributed by atoms with E-state index in [1.165, 1.54) is 12.8 Å². The molecule has 110 valence electrons. The van der Waals surface area contributed by atoms with Crippen LogP contribution in [0.2, 0.25) is 0 Å². The Balaban J connectivity index is 2.05. The van der Waals surface area contributed by atoms with E-state index in [4.69, 9.17) is 0 Å². The fraction of sp³-hybridized carbons (Fsp3) is 0.588. The summed E-state index contributed by atoms with van der Waals surface area (Å²) in [6.45, 7) is 3.98. The van der Waals surface area contributed by atoms with Gasteiger partial charge in [-0.15, -0.1) is 0 Å². The monoisotopic (exact) mass is 275 g/mol. The maximum atomic E-state index is 12.6. The summed E-state index contributed by atoms with van der Waals surface area (Å²) < 4.78 is 0. The van der Waals surface area contributed by atoms with Gasteiger partial charge in [0.1, 0.15) is 0 Å². The lowest BCUT2D eigenvalue weighted by Gasteiger charge is -2.32. The van der Waals surface area contributed by atoms with E-state index in [1.54, 1.807) is 0 Å². The summed E-state index contributed by atoms with van der Waals surface area (Å²) in [4.78, 5) is 12.6. The number of aliphatic hydroxyl groups excluding tert-OH is 1. The lowest BCUT2D eigenvalue weighted by molar-refractivity contribution is -0.133. The Morgan fingerprint density at radius 1 is 1.30 bits per heavy atom. The van der Waals surface area contributed by atoms with E-state index in [0.717, 1.165) is 18.4 Å². The molecule has 0 aromatic heterocycles. The van der Waals surface area contributed by atoms with Gasteiger partial charge in [-0.05, 0) is 24.3 Å². The van der Waals surface area contributed by atoms with Crippen molar-refractivity contribution in [1.29, 1.82) is 0 Å². The molecule has 1 aliphatic carbocycles. The largest absolute Gasteiger partial charge is 0.394 e. The summed E-state index contributed by atoms with van der Waals surface area (Å²) in [6.07, 6.45) is 4.72. The molecule has 0 spiro atoms. The molecule has 1 fully saturated rings. The molecule has 0 bridgehead atoms. The van der Waals surface area contributed by atoms with Crippen LogP contribution >= 0.6 is 0 Å². The Bertz CT molecular complexity index is 436. The molecule has 1 amide bonds. The normalized spacial score (nSPS) is 17.9. The molecule has 0 saturated heterocycles. The van der Waals surface area contributed by atoms with Gasteiger partial charge in [0.2, 0.25) is 5.91 Å². The van der Waals surface area contributed by atoms with Crippen LogP contribution in [0, 0.1) is 11.3 Å². The van der Waals surface area contributed by atoms with Crippen molar-refractivity contribution in [1.82, 2.24) is 5.32 Å². The van der Waals surface area contributed by atoms with Crippen molar-refractivity contribution in [3.63, 3.8) is 0 Å². The lowest BCUT2D eigenvalue weighted by Crippen LogP contribution is -2.43. The minimum atomic E-state index is -0.362. The summed E-state index contributed by atoms with van der Waals surface area (Å²) in [6, 6.07) is 9.33. The second kappa shape index (κ2) is 6.40. The lowest BCUT2D eigenvalue weighted by atomic mass is 9.76. The first-order valence-electron chi connectivity index (χ1n) is 7.52. The Hall–Kier alpha value is -1.35. The van der Waals surface area contributed by atoms with Gasteiger partial charge in [0.15, 0.2) is 0 Å². The van der Waals surface area contributed by atoms with Crippen molar-refractivity contribution in [3.8, 4) is 0 Å². The minimum Gasteiger partial charge on any atom is -0.394 e. The summed E-state index contributed by atoms with van der Waals surface area (Å²) in [5.41, 5.74) is 0.587. The Kier molecular flexibility index (Phi) is 4.81. The third-order valence-electron chi connectivity index (χ3n) is 4.65. The number of amides is 1. The summed E-state index contributed by atoms with van der Waals surface area (Å²) >= 11 is 0. The molecule has 3 nitrogen and oxygen atoms in total. The molecule has 0 radical (unpaired) electrons. The average molecular weight is 275 g/mol. The molecule has 0 unspecified atom stereocenters. The van der Waals surface area contributed by atoms with Gasteiger partial charge in [-0.1, -0.05) is 57.0 Å². The third-order valence-corrected chi connectivity index (χ3v) is 4.65. The van der Waals surface area contributed by atoms with Gasteiger partial charge in [-0.2, -0.15) is 0 Å². The number of carbonyl (C=O) groups excluding carboxylic acids is 1. The Labute approximate surface area is 121 Å². The number of hydrogen-bond acceptors (Lipinski definition) is 2. The van der Waals surface area contributed by atoms with E-state index in [9.17, 15) is 9.90 Å². The molecule has 20 heavy (non-hydrogen) atoms. The van der Waals surface area contributed by atoms with Crippen molar-refractivity contribution >= 4 is 5.91 Å². The van der Waals surface area contributed by atoms with Crippen LogP contribution in [0.5, 0.6) is 0 Å². The van der Waals surface area contributed by atoms with Crippen LogP contribution in [0.25, 0.3) is 0 Å². The van der Waals surface area contributed by atoms with Crippen molar-refractivity contribution < 1.29 is 9.90 Å². The molecule has 1 aromatic carbocycles. The van der Waals surface area contributed by atoms with Crippen LogP contribution in [-0.2, 0) is 4.79 Å². The average Bonchev–Trinajstić information content (AvgIpc) is 3.00. The number of rotatable bonds is 5. The zero-order valence-electron chi connectivity index (χ0n) is 12.4. The van der Waals surface area contributed by atoms with Crippen molar-refractivity contribution in [2.24, 2.45) is 11.3 Å². The van der Waals surface area contributed by atoms with Gasteiger partial charge < -0.3 is 10.4 Å². The van der Waals surface area contributed by atoms with E-state index in [1.807, 2.05) is 44.2 Å². The molecule has 2 N–H and O–H groups in total. The number of hydrogen-bond donors (Lipinski definition) is 2. The highest BCUT2D eigenvalue weighted by molar-refractivity contribution is 5.82. The molecule has 1 aromatic rings. The first-order chi connectivity index (χ1) is 9.55. The number of nitrogens with one attached hydrogen (secondary N) is 1. The topological polar surface area (TPSA) is 49.3 Å². The van der Waals surface area contributed by atoms with Crippen molar-refractivity contribution in [2.45, 2.75) is 45.6 Å². The first kappa shape index (κ1) is 15.0. The van der Waals surface area contributed by atoms with Gasteiger partial charge in [-0.3, -0.25) is 4.79 Å². The van der Waals surface area contributed by atoms with E-state index in [2.05, 4.69) is 5.32 Å². The van der Waals surface area contributed by atoms with Crippen LogP contribution in [-0.4, -0.2) is 17.6 Å². The fourth-order valence-corrected chi connectivity index (χ4v) is 3.10. The van der Waals surface area contributed by atoms with Gasteiger partial charge >= 0.3 is 0 Å². The van der Waals surface area contributed by atoms with Crippen LogP contribution in [0.3, 0.4) is 0 Å². The highest BCUT2D eigenvalue weighted by Crippen LogP contribution is 2.40. The van der Waals surface area contributed by atoms with Crippen LogP contribution in [0.4, 0.5) is 0 Å². The molecule has 2 rings (SSSR count). The molecular weight excluding hydrogens is 250 g/mol. The second-order valence-corrected chi connectivity index (χ2v) is 6.32. The van der Waals surface area contributed by atoms with E-state index in [-0.39, 0.29) is 24.0 Å². The van der Waals surface area contributed by atoms with Crippen molar-refractivity contribution in [3.05, 3.63) is 35.9 Å².